The summed E-state index contributed by atoms with van der Waals surface area (Å²) >= 11 is 6.55. The highest BCUT2D eigenvalue weighted by molar-refractivity contribution is 9.10. The van der Waals surface area contributed by atoms with Crippen molar-refractivity contribution in [1.29, 1.82) is 0 Å². The van der Waals surface area contributed by atoms with E-state index in [2.05, 4.69) is 36.6 Å². The maximum atomic E-state index is 13.5. The van der Waals surface area contributed by atoms with E-state index in [1.54, 1.807) is 6.07 Å². The first-order valence-corrected chi connectivity index (χ1v) is 6.09. The zero-order valence-electron chi connectivity index (χ0n) is 8.02. The normalized spacial score (nSPS) is 10.1. The Hall–Kier alpha value is -0.420. The number of carbonyl (C=O) groups excluding carboxylic acids is 1. The third-order valence-corrected chi connectivity index (χ3v) is 3.26. The largest absolute Gasteiger partial charge is 0.469 e. The number of rotatable bonds is 3. The van der Waals surface area contributed by atoms with Gasteiger partial charge in [-0.1, -0.05) is 31.9 Å². The summed E-state index contributed by atoms with van der Waals surface area (Å²) in [6, 6.07) is 3.00. The number of methoxy groups -OCH3 is 1. The molecule has 5 heteroatoms. The van der Waals surface area contributed by atoms with Crippen LogP contribution in [0.5, 0.6) is 0 Å². The molecule has 0 saturated carbocycles. The SMILES string of the molecule is COC(=O)Cc1cc(Br)c(CBr)cc1F. The van der Waals surface area contributed by atoms with Gasteiger partial charge in [0.25, 0.3) is 0 Å². The van der Waals surface area contributed by atoms with Crippen molar-refractivity contribution in [2.75, 3.05) is 7.11 Å². The molecule has 0 aliphatic heterocycles. The lowest BCUT2D eigenvalue weighted by Gasteiger charge is -2.06. The first kappa shape index (κ1) is 12.6. The maximum Gasteiger partial charge on any atom is 0.310 e. The number of hydrogen-bond donors (Lipinski definition) is 0. The van der Waals surface area contributed by atoms with Crippen LogP contribution in [0, 0.1) is 5.82 Å². The molecular weight excluding hydrogens is 331 g/mol. The van der Waals surface area contributed by atoms with E-state index in [9.17, 15) is 9.18 Å². The van der Waals surface area contributed by atoms with Crippen molar-refractivity contribution in [3.05, 3.63) is 33.5 Å². The lowest BCUT2D eigenvalue weighted by atomic mass is 10.1. The summed E-state index contributed by atoms with van der Waals surface area (Å²) < 4.78 is 18.7. The molecule has 0 aromatic heterocycles. The van der Waals surface area contributed by atoms with Crippen molar-refractivity contribution in [2.24, 2.45) is 0 Å². The van der Waals surface area contributed by atoms with Crippen LogP contribution in [0.3, 0.4) is 0 Å². The molecule has 0 saturated heterocycles. The Morgan fingerprint density at radius 3 is 2.67 bits per heavy atom. The van der Waals surface area contributed by atoms with Gasteiger partial charge in [-0.05, 0) is 17.7 Å². The molecule has 0 radical (unpaired) electrons. The standard InChI is InChI=1S/C10H9Br2FO2/c1-15-10(14)4-6-2-8(12)7(5-11)3-9(6)13/h2-3H,4-5H2,1H3. The highest BCUT2D eigenvalue weighted by Crippen LogP contribution is 2.23. The van der Waals surface area contributed by atoms with Gasteiger partial charge in [0.05, 0.1) is 13.5 Å². The fourth-order valence-corrected chi connectivity index (χ4v) is 2.47. The van der Waals surface area contributed by atoms with Gasteiger partial charge in [-0.15, -0.1) is 0 Å². The highest BCUT2D eigenvalue weighted by atomic mass is 79.9. The van der Waals surface area contributed by atoms with Gasteiger partial charge >= 0.3 is 5.97 Å². The molecule has 1 rings (SSSR count). The molecule has 0 spiro atoms. The highest BCUT2D eigenvalue weighted by Gasteiger charge is 2.11. The zero-order valence-corrected chi connectivity index (χ0v) is 11.2. The van der Waals surface area contributed by atoms with Crippen LogP contribution >= 0.6 is 31.9 Å². The van der Waals surface area contributed by atoms with E-state index in [4.69, 9.17) is 0 Å². The number of halogens is 3. The van der Waals surface area contributed by atoms with Crippen LogP contribution in [0.25, 0.3) is 0 Å². The van der Waals surface area contributed by atoms with Gasteiger partial charge < -0.3 is 4.74 Å². The van der Waals surface area contributed by atoms with Gasteiger partial charge in [0, 0.05) is 15.4 Å². The summed E-state index contributed by atoms with van der Waals surface area (Å²) in [6.07, 6.45) is -0.0521. The van der Waals surface area contributed by atoms with E-state index < -0.39 is 11.8 Å². The van der Waals surface area contributed by atoms with Crippen LogP contribution in [-0.4, -0.2) is 13.1 Å². The van der Waals surface area contributed by atoms with Crippen molar-refractivity contribution >= 4 is 37.8 Å². The molecule has 0 aliphatic carbocycles. The number of esters is 1. The van der Waals surface area contributed by atoms with Crippen LogP contribution in [0.1, 0.15) is 11.1 Å². The first-order chi connectivity index (χ1) is 7.08. The predicted molar refractivity (Wildman–Crippen MR) is 62.5 cm³/mol. The van der Waals surface area contributed by atoms with E-state index in [1.807, 2.05) is 0 Å². The lowest BCUT2D eigenvalue weighted by molar-refractivity contribution is -0.139. The van der Waals surface area contributed by atoms with Crippen molar-refractivity contribution < 1.29 is 13.9 Å². The molecule has 0 unspecified atom stereocenters. The van der Waals surface area contributed by atoms with Crippen LogP contribution in [0.15, 0.2) is 16.6 Å². The van der Waals surface area contributed by atoms with Gasteiger partial charge in [0.1, 0.15) is 5.82 Å². The molecule has 0 fully saturated rings. The molecule has 1 aromatic carbocycles. The minimum Gasteiger partial charge on any atom is -0.469 e. The van der Waals surface area contributed by atoms with Crippen LogP contribution in [-0.2, 0) is 21.3 Å². The van der Waals surface area contributed by atoms with E-state index >= 15 is 0 Å². The maximum absolute atomic E-state index is 13.5. The number of alkyl halides is 1. The second-order valence-electron chi connectivity index (χ2n) is 2.92. The number of benzene rings is 1. The molecule has 82 valence electrons. The van der Waals surface area contributed by atoms with Crippen LogP contribution < -0.4 is 0 Å². The minimum atomic E-state index is -0.451. The summed E-state index contributed by atoms with van der Waals surface area (Å²) in [6.45, 7) is 0. The Morgan fingerprint density at radius 2 is 2.13 bits per heavy atom. The van der Waals surface area contributed by atoms with Gasteiger partial charge in [-0.3, -0.25) is 4.79 Å². The molecule has 0 heterocycles. The van der Waals surface area contributed by atoms with E-state index in [-0.39, 0.29) is 6.42 Å². The average Bonchev–Trinajstić information content (AvgIpc) is 2.22. The summed E-state index contributed by atoms with van der Waals surface area (Å²) in [5, 5.41) is 0.559. The van der Waals surface area contributed by atoms with E-state index in [0.29, 0.717) is 10.9 Å². The molecule has 0 bridgehead atoms. The predicted octanol–water partition coefficient (Wildman–Crippen LogP) is 3.20. The monoisotopic (exact) mass is 338 g/mol. The Bertz CT molecular complexity index is 380. The summed E-state index contributed by atoms with van der Waals surface area (Å²) in [5.74, 6) is -0.842. The van der Waals surface area contributed by atoms with Crippen LogP contribution in [0.4, 0.5) is 4.39 Å². The third-order valence-electron chi connectivity index (χ3n) is 1.92. The summed E-state index contributed by atoms with van der Waals surface area (Å²) in [7, 11) is 1.28. The second kappa shape index (κ2) is 5.61. The quantitative estimate of drug-likeness (QED) is 0.624. The topological polar surface area (TPSA) is 26.3 Å². The van der Waals surface area contributed by atoms with Gasteiger partial charge in [-0.25, -0.2) is 4.39 Å². The van der Waals surface area contributed by atoms with Crippen molar-refractivity contribution in [3.63, 3.8) is 0 Å². The molecular formula is C10H9Br2FO2. The Kier molecular flexibility index (Phi) is 4.73. The second-order valence-corrected chi connectivity index (χ2v) is 4.34. The smallest absolute Gasteiger partial charge is 0.310 e. The van der Waals surface area contributed by atoms with E-state index in [1.165, 1.54) is 13.2 Å². The molecule has 0 N–H and O–H groups in total. The van der Waals surface area contributed by atoms with Crippen molar-refractivity contribution in [2.45, 2.75) is 11.8 Å². The van der Waals surface area contributed by atoms with E-state index in [0.717, 1.165) is 10.0 Å². The summed E-state index contributed by atoms with van der Waals surface area (Å²) in [5.41, 5.74) is 1.14. The van der Waals surface area contributed by atoms with Crippen LogP contribution in [0.2, 0.25) is 0 Å². The average molecular weight is 340 g/mol. The fraction of sp³-hybridized carbons (Fsp3) is 0.300. The fourth-order valence-electron chi connectivity index (χ4n) is 1.09. The Morgan fingerprint density at radius 1 is 1.47 bits per heavy atom. The molecule has 0 amide bonds. The Labute approximate surface area is 104 Å². The molecule has 1 aromatic rings. The zero-order chi connectivity index (χ0) is 11.4. The molecule has 0 aliphatic rings. The van der Waals surface area contributed by atoms with Crippen molar-refractivity contribution in [3.8, 4) is 0 Å². The third kappa shape index (κ3) is 3.28. The lowest BCUT2D eigenvalue weighted by Crippen LogP contribution is -2.06. The molecule has 0 atom stereocenters. The van der Waals surface area contributed by atoms with Gasteiger partial charge in [0.15, 0.2) is 0 Å². The van der Waals surface area contributed by atoms with Gasteiger partial charge in [0.2, 0.25) is 0 Å². The van der Waals surface area contributed by atoms with Crippen molar-refractivity contribution in [1.82, 2.24) is 0 Å². The number of ether oxygens (including phenoxy) is 1. The molecule has 15 heavy (non-hydrogen) atoms. The first-order valence-electron chi connectivity index (χ1n) is 4.18. The molecule has 2 nitrogen and oxygen atoms in total. The summed E-state index contributed by atoms with van der Waals surface area (Å²) in [4.78, 5) is 11.0. The van der Waals surface area contributed by atoms with Gasteiger partial charge in [-0.2, -0.15) is 0 Å². The Balaban J connectivity index is 3.00. The number of hydrogen-bond acceptors (Lipinski definition) is 2. The number of carbonyl (C=O) groups is 1. The minimum absolute atomic E-state index is 0.0521.